The molecular formula is C17H27ClN2O. The Kier molecular flexibility index (Phi) is 8.91. The summed E-state index contributed by atoms with van der Waals surface area (Å²) >= 11 is 6.02. The van der Waals surface area contributed by atoms with Crippen LogP contribution in [-0.2, 0) is 0 Å². The molecule has 0 saturated carbocycles. The maximum Gasteiger partial charge on any atom is 0.319 e. The van der Waals surface area contributed by atoms with Crippen molar-refractivity contribution in [3.8, 4) is 0 Å². The predicted octanol–water partition coefficient (Wildman–Crippen LogP) is 5.52. The van der Waals surface area contributed by atoms with Crippen molar-refractivity contribution < 1.29 is 4.79 Å². The second-order valence-electron chi connectivity index (χ2n) is 5.41. The number of rotatable bonds is 9. The summed E-state index contributed by atoms with van der Waals surface area (Å²) in [7, 11) is 0. The molecule has 0 aliphatic heterocycles. The number of benzene rings is 1. The van der Waals surface area contributed by atoms with Crippen LogP contribution in [0.4, 0.5) is 10.5 Å². The number of nitrogens with one attached hydrogen (secondary N) is 2. The van der Waals surface area contributed by atoms with Gasteiger partial charge in [0.15, 0.2) is 0 Å². The third-order valence-electron chi connectivity index (χ3n) is 3.58. The molecule has 0 fully saturated rings. The molecule has 0 spiro atoms. The lowest BCUT2D eigenvalue weighted by atomic mass is 10.1. The van der Waals surface area contributed by atoms with E-state index in [1.165, 1.54) is 38.5 Å². The molecule has 0 unspecified atom stereocenters. The van der Waals surface area contributed by atoms with E-state index in [2.05, 4.69) is 17.6 Å². The fourth-order valence-electron chi connectivity index (χ4n) is 2.19. The molecule has 0 radical (unpaired) electrons. The predicted molar refractivity (Wildman–Crippen MR) is 91.2 cm³/mol. The quantitative estimate of drug-likeness (QED) is 0.579. The van der Waals surface area contributed by atoms with Crippen molar-refractivity contribution in [1.29, 1.82) is 0 Å². The van der Waals surface area contributed by atoms with E-state index in [4.69, 9.17) is 11.6 Å². The van der Waals surface area contributed by atoms with Gasteiger partial charge in [-0.05, 0) is 31.0 Å². The van der Waals surface area contributed by atoms with E-state index in [-0.39, 0.29) is 6.03 Å². The van der Waals surface area contributed by atoms with E-state index >= 15 is 0 Å². The van der Waals surface area contributed by atoms with Crippen LogP contribution in [0.5, 0.6) is 0 Å². The van der Waals surface area contributed by atoms with Crippen molar-refractivity contribution in [2.45, 2.75) is 58.8 Å². The standard InChI is InChI=1S/C17H27ClN2O/c1-3-4-5-6-7-8-9-13-19-17(21)20-16-12-10-11-15(18)14(16)2/h10-12H,3-9,13H2,1-2H3,(H2,19,20,21). The Balaban J connectivity index is 2.13. The van der Waals surface area contributed by atoms with Crippen LogP contribution in [0, 0.1) is 6.92 Å². The molecule has 0 aromatic heterocycles. The second-order valence-corrected chi connectivity index (χ2v) is 5.82. The number of anilines is 1. The van der Waals surface area contributed by atoms with E-state index in [9.17, 15) is 4.79 Å². The Bertz CT molecular complexity index is 435. The molecule has 118 valence electrons. The Morgan fingerprint density at radius 2 is 1.76 bits per heavy atom. The lowest BCUT2D eigenvalue weighted by Crippen LogP contribution is -2.29. The number of halogens is 1. The first kappa shape index (κ1) is 17.8. The molecule has 2 amide bonds. The average molecular weight is 311 g/mol. The van der Waals surface area contributed by atoms with Crippen LogP contribution in [0.15, 0.2) is 18.2 Å². The van der Waals surface area contributed by atoms with Gasteiger partial charge in [0.05, 0.1) is 0 Å². The molecule has 4 heteroatoms. The highest BCUT2D eigenvalue weighted by molar-refractivity contribution is 6.31. The van der Waals surface area contributed by atoms with Crippen molar-refractivity contribution in [2.75, 3.05) is 11.9 Å². The third-order valence-corrected chi connectivity index (χ3v) is 3.99. The summed E-state index contributed by atoms with van der Waals surface area (Å²) in [4.78, 5) is 11.8. The van der Waals surface area contributed by atoms with Gasteiger partial charge in [-0.1, -0.05) is 63.1 Å². The Morgan fingerprint density at radius 3 is 2.48 bits per heavy atom. The largest absolute Gasteiger partial charge is 0.338 e. The van der Waals surface area contributed by atoms with Crippen LogP contribution in [0.25, 0.3) is 0 Å². The maximum absolute atomic E-state index is 11.8. The first-order valence-corrected chi connectivity index (χ1v) is 8.33. The fraction of sp³-hybridized carbons (Fsp3) is 0.588. The zero-order valence-electron chi connectivity index (χ0n) is 13.2. The minimum Gasteiger partial charge on any atom is -0.338 e. The first-order chi connectivity index (χ1) is 10.1. The Labute approximate surface area is 133 Å². The van der Waals surface area contributed by atoms with E-state index in [0.717, 1.165) is 24.2 Å². The zero-order valence-corrected chi connectivity index (χ0v) is 13.9. The van der Waals surface area contributed by atoms with Gasteiger partial charge in [0.1, 0.15) is 0 Å². The first-order valence-electron chi connectivity index (χ1n) is 7.95. The number of carbonyl (C=O) groups excluding carboxylic acids is 1. The van der Waals surface area contributed by atoms with E-state index < -0.39 is 0 Å². The van der Waals surface area contributed by atoms with Gasteiger partial charge in [-0.25, -0.2) is 4.79 Å². The number of carbonyl (C=O) groups is 1. The Hall–Kier alpha value is -1.22. The van der Waals surface area contributed by atoms with Gasteiger partial charge in [0.25, 0.3) is 0 Å². The second kappa shape index (κ2) is 10.5. The number of urea groups is 1. The number of hydrogen-bond acceptors (Lipinski definition) is 1. The molecule has 0 aliphatic carbocycles. The van der Waals surface area contributed by atoms with Gasteiger partial charge in [-0.3, -0.25) is 0 Å². The van der Waals surface area contributed by atoms with Gasteiger partial charge in [-0.2, -0.15) is 0 Å². The van der Waals surface area contributed by atoms with Crippen LogP contribution in [0.2, 0.25) is 5.02 Å². The summed E-state index contributed by atoms with van der Waals surface area (Å²) in [5, 5.41) is 6.39. The number of unbranched alkanes of at least 4 members (excludes halogenated alkanes) is 6. The van der Waals surface area contributed by atoms with Gasteiger partial charge >= 0.3 is 6.03 Å². The van der Waals surface area contributed by atoms with Crippen molar-refractivity contribution in [1.82, 2.24) is 5.32 Å². The molecule has 1 rings (SSSR count). The molecule has 0 saturated heterocycles. The molecule has 0 atom stereocenters. The minimum absolute atomic E-state index is 0.161. The van der Waals surface area contributed by atoms with E-state index in [0.29, 0.717) is 5.02 Å². The summed E-state index contributed by atoms with van der Waals surface area (Å²) < 4.78 is 0. The maximum atomic E-state index is 11.8. The fourth-order valence-corrected chi connectivity index (χ4v) is 2.37. The van der Waals surface area contributed by atoms with Gasteiger partial charge in [-0.15, -0.1) is 0 Å². The van der Waals surface area contributed by atoms with Gasteiger partial charge in [0.2, 0.25) is 0 Å². The lowest BCUT2D eigenvalue weighted by molar-refractivity contribution is 0.252. The van der Waals surface area contributed by atoms with Crippen LogP contribution in [0.3, 0.4) is 0 Å². The van der Waals surface area contributed by atoms with E-state index in [1.54, 1.807) is 0 Å². The summed E-state index contributed by atoms with van der Waals surface area (Å²) in [6, 6.07) is 5.35. The minimum atomic E-state index is -0.161. The summed E-state index contributed by atoms with van der Waals surface area (Å²) in [5.74, 6) is 0. The highest BCUT2D eigenvalue weighted by Crippen LogP contribution is 2.22. The van der Waals surface area contributed by atoms with E-state index in [1.807, 2.05) is 25.1 Å². The van der Waals surface area contributed by atoms with Crippen molar-refractivity contribution in [3.63, 3.8) is 0 Å². The summed E-state index contributed by atoms with van der Waals surface area (Å²) in [6.07, 6.45) is 8.73. The molecule has 0 bridgehead atoms. The molecule has 2 N–H and O–H groups in total. The van der Waals surface area contributed by atoms with Gasteiger partial charge < -0.3 is 10.6 Å². The normalized spacial score (nSPS) is 10.4. The van der Waals surface area contributed by atoms with Crippen LogP contribution >= 0.6 is 11.6 Å². The lowest BCUT2D eigenvalue weighted by Gasteiger charge is -2.10. The molecule has 1 aromatic carbocycles. The Morgan fingerprint density at radius 1 is 1.10 bits per heavy atom. The molecule has 0 aliphatic rings. The molecule has 21 heavy (non-hydrogen) atoms. The topological polar surface area (TPSA) is 41.1 Å². The highest BCUT2D eigenvalue weighted by atomic mass is 35.5. The number of amides is 2. The summed E-state index contributed by atoms with van der Waals surface area (Å²) in [5.41, 5.74) is 1.66. The smallest absolute Gasteiger partial charge is 0.319 e. The molecular weight excluding hydrogens is 284 g/mol. The zero-order chi connectivity index (χ0) is 15.5. The molecule has 1 aromatic rings. The van der Waals surface area contributed by atoms with Crippen LogP contribution in [-0.4, -0.2) is 12.6 Å². The van der Waals surface area contributed by atoms with Crippen LogP contribution in [0.1, 0.15) is 57.4 Å². The molecule has 0 heterocycles. The SMILES string of the molecule is CCCCCCCCCNC(=O)Nc1cccc(Cl)c1C. The molecule has 3 nitrogen and oxygen atoms in total. The number of hydrogen-bond donors (Lipinski definition) is 2. The monoisotopic (exact) mass is 310 g/mol. The van der Waals surface area contributed by atoms with Crippen molar-refractivity contribution in [3.05, 3.63) is 28.8 Å². The summed E-state index contributed by atoms with van der Waals surface area (Å²) in [6.45, 7) is 4.84. The van der Waals surface area contributed by atoms with Crippen molar-refractivity contribution in [2.24, 2.45) is 0 Å². The van der Waals surface area contributed by atoms with Crippen LogP contribution < -0.4 is 10.6 Å². The van der Waals surface area contributed by atoms with Crippen molar-refractivity contribution >= 4 is 23.3 Å². The average Bonchev–Trinajstić information content (AvgIpc) is 2.47. The van der Waals surface area contributed by atoms with Gasteiger partial charge in [0, 0.05) is 17.3 Å². The highest BCUT2D eigenvalue weighted by Gasteiger charge is 2.05. The third kappa shape index (κ3) is 7.37.